The molecule has 2 heterocycles. The number of rotatable bonds is 3. The molecule has 0 saturated carbocycles. The standard InChI is InChI=1S/C8H14N4O/c1-11(13-2)6-8-10-9-7-4-3-5-12(7)8/h3-6H2,1-2H3. The first-order valence-electron chi connectivity index (χ1n) is 4.47. The zero-order valence-corrected chi connectivity index (χ0v) is 8.03. The van der Waals surface area contributed by atoms with Crippen molar-refractivity contribution in [3.05, 3.63) is 11.6 Å². The smallest absolute Gasteiger partial charge is 0.149 e. The van der Waals surface area contributed by atoms with Gasteiger partial charge in [0.1, 0.15) is 11.6 Å². The number of aromatic nitrogens is 3. The van der Waals surface area contributed by atoms with Crippen molar-refractivity contribution in [1.29, 1.82) is 0 Å². The number of aryl methyl sites for hydroxylation is 1. The molecule has 2 rings (SSSR count). The Morgan fingerprint density at radius 2 is 2.38 bits per heavy atom. The molecule has 0 spiro atoms. The minimum Gasteiger partial charge on any atom is -0.314 e. The maximum absolute atomic E-state index is 5.04. The molecule has 0 bridgehead atoms. The molecule has 0 fully saturated rings. The fraction of sp³-hybridized carbons (Fsp3) is 0.750. The summed E-state index contributed by atoms with van der Waals surface area (Å²) >= 11 is 0. The summed E-state index contributed by atoms with van der Waals surface area (Å²) in [5, 5.41) is 9.98. The molecule has 5 nitrogen and oxygen atoms in total. The van der Waals surface area contributed by atoms with Gasteiger partial charge in [-0.2, -0.15) is 5.06 Å². The molecular formula is C8H14N4O. The molecule has 1 aliphatic rings. The first kappa shape index (κ1) is 8.65. The Bertz CT molecular complexity index is 296. The number of hydrogen-bond acceptors (Lipinski definition) is 4. The predicted octanol–water partition coefficient (Wildman–Crippen LogP) is 0.217. The largest absolute Gasteiger partial charge is 0.314 e. The lowest BCUT2D eigenvalue weighted by Gasteiger charge is -2.12. The maximum Gasteiger partial charge on any atom is 0.149 e. The van der Waals surface area contributed by atoms with E-state index >= 15 is 0 Å². The molecule has 0 amide bonds. The fourth-order valence-electron chi connectivity index (χ4n) is 1.59. The normalized spacial score (nSPS) is 15.3. The van der Waals surface area contributed by atoms with E-state index in [1.165, 1.54) is 6.42 Å². The van der Waals surface area contributed by atoms with Crippen LogP contribution < -0.4 is 0 Å². The molecule has 13 heavy (non-hydrogen) atoms. The van der Waals surface area contributed by atoms with E-state index in [4.69, 9.17) is 4.84 Å². The van der Waals surface area contributed by atoms with Crippen molar-refractivity contribution >= 4 is 0 Å². The van der Waals surface area contributed by atoms with Crippen LogP contribution in [0.3, 0.4) is 0 Å². The van der Waals surface area contributed by atoms with Crippen molar-refractivity contribution < 1.29 is 4.84 Å². The average Bonchev–Trinajstić information content (AvgIpc) is 2.69. The Labute approximate surface area is 77.3 Å². The lowest BCUT2D eigenvalue weighted by Crippen LogP contribution is -2.18. The zero-order chi connectivity index (χ0) is 9.26. The Balaban J connectivity index is 2.12. The fourth-order valence-corrected chi connectivity index (χ4v) is 1.59. The molecule has 1 aromatic heterocycles. The average molecular weight is 182 g/mol. The minimum absolute atomic E-state index is 0.698. The summed E-state index contributed by atoms with van der Waals surface area (Å²) in [7, 11) is 3.54. The predicted molar refractivity (Wildman–Crippen MR) is 46.8 cm³/mol. The number of nitrogens with zero attached hydrogens (tertiary/aromatic N) is 4. The highest BCUT2D eigenvalue weighted by Crippen LogP contribution is 2.14. The second-order valence-corrected chi connectivity index (χ2v) is 3.26. The number of fused-ring (bicyclic) bond motifs is 1. The van der Waals surface area contributed by atoms with Gasteiger partial charge in [0.25, 0.3) is 0 Å². The molecule has 0 atom stereocenters. The van der Waals surface area contributed by atoms with E-state index in [1.54, 1.807) is 12.2 Å². The Hall–Kier alpha value is -0.940. The summed E-state index contributed by atoms with van der Waals surface area (Å²) in [6.45, 7) is 1.75. The highest BCUT2D eigenvalue weighted by atomic mass is 16.7. The van der Waals surface area contributed by atoms with Crippen LogP contribution in [-0.4, -0.2) is 34.0 Å². The first-order valence-corrected chi connectivity index (χ1v) is 4.47. The highest BCUT2D eigenvalue weighted by Gasteiger charge is 2.17. The summed E-state index contributed by atoms with van der Waals surface area (Å²) in [6.07, 6.45) is 2.25. The molecule has 72 valence electrons. The van der Waals surface area contributed by atoms with Gasteiger partial charge in [0.05, 0.1) is 13.7 Å². The molecule has 0 aliphatic carbocycles. The van der Waals surface area contributed by atoms with Crippen LogP contribution in [-0.2, 0) is 24.3 Å². The van der Waals surface area contributed by atoms with Crippen LogP contribution in [0.15, 0.2) is 0 Å². The lowest BCUT2D eigenvalue weighted by molar-refractivity contribution is -0.118. The van der Waals surface area contributed by atoms with Crippen molar-refractivity contribution in [3.8, 4) is 0 Å². The molecule has 1 aliphatic heterocycles. The Morgan fingerprint density at radius 1 is 1.54 bits per heavy atom. The van der Waals surface area contributed by atoms with Crippen LogP contribution in [0.1, 0.15) is 18.1 Å². The van der Waals surface area contributed by atoms with Crippen LogP contribution in [0.2, 0.25) is 0 Å². The number of hydrogen-bond donors (Lipinski definition) is 0. The molecule has 5 heteroatoms. The van der Waals surface area contributed by atoms with Crippen molar-refractivity contribution in [2.75, 3.05) is 14.2 Å². The van der Waals surface area contributed by atoms with Gasteiger partial charge in [-0.05, 0) is 6.42 Å². The molecule has 0 unspecified atom stereocenters. The third kappa shape index (κ3) is 1.57. The van der Waals surface area contributed by atoms with Gasteiger partial charge in [0.2, 0.25) is 0 Å². The van der Waals surface area contributed by atoms with E-state index < -0.39 is 0 Å². The lowest BCUT2D eigenvalue weighted by atomic mass is 10.4. The third-order valence-corrected chi connectivity index (χ3v) is 2.36. The van der Waals surface area contributed by atoms with Crippen molar-refractivity contribution in [1.82, 2.24) is 19.8 Å². The second kappa shape index (κ2) is 3.43. The third-order valence-electron chi connectivity index (χ3n) is 2.36. The van der Waals surface area contributed by atoms with Gasteiger partial charge in [-0.25, -0.2) is 0 Å². The summed E-state index contributed by atoms with van der Waals surface area (Å²) in [5.41, 5.74) is 0. The molecular weight excluding hydrogens is 168 g/mol. The van der Waals surface area contributed by atoms with Crippen molar-refractivity contribution in [3.63, 3.8) is 0 Å². The maximum atomic E-state index is 5.04. The molecule has 0 N–H and O–H groups in total. The van der Waals surface area contributed by atoms with Crippen molar-refractivity contribution in [2.45, 2.75) is 25.9 Å². The van der Waals surface area contributed by atoms with Crippen molar-refractivity contribution in [2.24, 2.45) is 0 Å². The van der Waals surface area contributed by atoms with E-state index in [2.05, 4.69) is 14.8 Å². The van der Waals surface area contributed by atoms with Gasteiger partial charge in [-0.1, -0.05) is 0 Å². The van der Waals surface area contributed by atoms with Gasteiger partial charge in [0.15, 0.2) is 0 Å². The first-order chi connectivity index (χ1) is 6.31. The molecule has 0 saturated heterocycles. The van der Waals surface area contributed by atoms with Gasteiger partial charge in [-0.3, -0.25) is 0 Å². The van der Waals surface area contributed by atoms with Gasteiger partial charge >= 0.3 is 0 Å². The summed E-state index contributed by atoms with van der Waals surface area (Å²) < 4.78 is 2.18. The summed E-state index contributed by atoms with van der Waals surface area (Å²) in [5.74, 6) is 2.11. The second-order valence-electron chi connectivity index (χ2n) is 3.26. The SMILES string of the molecule is CON(C)Cc1nnc2n1CCC2. The molecule has 1 aromatic rings. The summed E-state index contributed by atoms with van der Waals surface area (Å²) in [6, 6.07) is 0. The van der Waals surface area contributed by atoms with Crippen LogP contribution in [0.25, 0.3) is 0 Å². The monoisotopic (exact) mass is 182 g/mol. The topological polar surface area (TPSA) is 43.2 Å². The quantitative estimate of drug-likeness (QED) is 0.627. The molecule has 0 aromatic carbocycles. The van der Waals surface area contributed by atoms with E-state index in [-0.39, 0.29) is 0 Å². The van der Waals surface area contributed by atoms with E-state index in [0.717, 1.165) is 24.6 Å². The number of hydroxylamine groups is 2. The van der Waals surface area contributed by atoms with E-state index in [1.807, 2.05) is 7.05 Å². The Kier molecular flexibility index (Phi) is 2.28. The van der Waals surface area contributed by atoms with Crippen LogP contribution in [0.5, 0.6) is 0 Å². The Morgan fingerprint density at radius 3 is 3.15 bits per heavy atom. The van der Waals surface area contributed by atoms with E-state index in [9.17, 15) is 0 Å². The zero-order valence-electron chi connectivity index (χ0n) is 8.03. The molecule has 0 radical (unpaired) electrons. The highest BCUT2D eigenvalue weighted by molar-refractivity contribution is 4.99. The van der Waals surface area contributed by atoms with Crippen LogP contribution in [0, 0.1) is 0 Å². The minimum atomic E-state index is 0.698. The van der Waals surface area contributed by atoms with Gasteiger partial charge in [0, 0.05) is 20.0 Å². The summed E-state index contributed by atoms with van der Waals surface area (Å²) in [4.78, 5) is 5.04. The van der Waals surface area contributed by atoms with Gasteiger partial charge in [-0.15, -0.1) is 10.2 Å². The van der Waals surface area contributed by atoms with Crippen LogP contribution >= 0.6 is 0 Å². The van der Waals surface area contributed by atoms with Gasteiger partial charge < -0.3 is 9.40 Å². The van der Waals surface area contributed by atoms with E-state index in [0.29, 0.717) is 6.54 Å². The van der Waals surface area contributed by atoms with Crippen LogP contribution in [0.4, 0.5) is 0 Å².